The van der Waals surface area contributed by atoms with Gasteiger partial charge in [-0.3, -0.25) is 4.79 Å². The quantitative estimate of drug-likeness (QED) is 0.491. The number of benzene rings is 2. The van der Waals surface area contributed by atoms with Crippen molar-refractivity contribution in [3.8, 4) is 17.5 Å². The van der Waals surface area contributed by atoms with Gasteiger partial charge in [-0.25, -0.2) is 4.68 Å². The number of para-hydroxylation sites is 1. The summed E-state index contributed by atoms with van der Waals surface area (Å²) in [6.07, 6.45) is 6.17. The number of rotatable bonds is 8. The lowest BCUT2D eigenvalue weighted by atomic mass is 9.68. The van der Waals surface area contributed by atoms with E-state index in [0.29, 0.717) is 36.5 Å². The first-order chi connectivity index (χ1) is 16.6. The van der Waals surface area contributed by atoms with Crippen LogP contribution in [0.2, 0.25) is 0 Å². The zero-order valence-electron chi connectivity index (χ0n) is 19.6. The van der Waals surface area contributed by atoms with E-state index < -0.39 is 5.41 Å². The Balaban J connectivity index is 1.42. The highest BCUT2D eigenvalue weighted by molar-refractivity contribution is 5.88. The van der Waals surface area contributed by atoms with E-state index in [9.17, 15) is 10.1 Å². The molecule has 3 N–H and O–H groups in total. The number of anilines is 1. The Morgan fingerprint density at radius 3 is 2.50 bits per heavy atom. The van der Waals surface area contributed by atoms with Gasteiger partial charge < -0.3 is 15.8 Å². The summed E-state index contributed by atoms with van der Waals surface area (Å²) in [6.45, 7) is 0.514. The maximum atomic E-state index is 13.4. The van der Waals surface area contributed by atoms with Gasteiger partial charge in [0.15, 0.2) is 0 Å². The van der Waals surface area contributed by atoms with Crippen molar-refractivity contribution < 1.29 is 9.53 Å². The van der Waals surface area contributed by atoms with Gasteiger partial charge >= 0.3 is 0 Å². The molecule has 1 aromatic heterocycles. The number of aryl methyl sites for hydroxylation is 1. The number of nitrogen functional groups attached to an aromatic ring is 1. The number of nitrogens with two attached hydrogens (primary N) is 1. The first-order valence-corrected chi connectivity index (χ1v) is 11.8. The molecule has 7 nitrogen and oxygen atoms in total. The molecular formula is C27H31N5O2. The van der Waals surface area contributed by atoms with E-state index in [2.05, 4.69) is 16.5 Å². The summed E-state index contributed by atoms with van der Waals surface area (Å²) >= 11 is 0. The van der Waals surface area contributed by atoms with Crippen LogP contribution in [0.1, 0.15) is 55.3 Å². The normalized spacial score (nSPS) is 14.8. The number of hydrogen-bond acceptors (Lipinski definition) is 5. The number of nitriles is 1. The summed E-state index contributed by atoms with van der Waals surface area (Å²) in [7, 11) is 1.65. The van der Waals surface area contributed by atoms with Crippen LogP contribution in [0.25, 0.3) is 5.69 Å². The van der Waals surface area contributed by atoms with Gasteiger partial charge in [0.1, 0.15) is 23.2 Å². The van der Waals surface area contributed by atoms with Crippen molar-refractivity contribution in [1.29, 1.82) is 5.26 Å². The van der Waals surface area contributed by atoms with Crippen LogP contribution in [0.5, 0.6) is 5.75 Å². The Morgan fingerprint density at radius 2 is 1.85 bits per heavy atom. The molecule has 176 valence electrons. The summed E-state index contributed by atoms with van der Waals surface area (Å²) in [6, 6.07) is 19.6. The molecule has 1 heterocycles. The van der Waals surface area contributed by atoms with Crippen molar-refractivity contribution in [2.24, 2.45) is 0 Å². The standard InChI is InChI=1S/C27H31N5O2/c1-34-22-14-12-20(13-15-22)27(16-6-3-7-17-27)26(33)30-18-8-11-24-23(19-28)25(29)32(31-24)21-9-4-2-5-10-21/h2,4-5,9-10,12-15H,3,6-8,11,16-18,29H2,1H3,(H,30,33). The van der Waals surface area contributed by atoms with Gasteiger partial charge in [0.05, 0.1) is 23.9 Å². The largest absolute Gasteiger partial charge is 0.497 e. The van der Waals surface area contributed by atoms with Gasteiger partial charge in [0.25, 0.3) is 0 Å². The third-order valence-corrected chi connectivity index (χ3v) is 6.77. The Hall–Kier alpha value is -3.79. The van der Waals surface area contributed by atoms with Crippen molar-refractivity contribution in [1.82, 2.24) is 15.1 Å². The topological polar surface area (TPSA) is 106 Å². The summed E-state index contributed by atoms with van der Waals surface area (Å²) in [4.78, 5) is 13.4. The van der Waals surface area contributed by atoms with Crippen LogP contribution in [-0.4, -0.2) is 29.3 Å². The molecule has 34 heavy (non-hydrogen) atoms. The van der Waals surface area contributed by atoms with Crippen molar-refractivity contribution >= 4 is 11.7 Å². The molecule has 7 heteroatoms. The SMILES string of the molecule is COc1ccc(C2(C(=O)NCCCc3nn(-c4ccccc4)c(N)c3C#N)CCCCC2)cc1. The van der Waals surface area contributed by atoms with Crippen LogP contribution in [0.3, 0.4) is 0 Å². The lowest BCUT2D eigenvalue weighted by molar-refractivity contribution is -0.128. The number of carbonyl (C=O) groups is 1. The van der Waals surface area contributed by atoms with E-state index in [1.165, 1.54) is 0 Å². The summed E-state index contributed by atoms with van der Waals surface area (Å²) in [5.74, 6) is 1.21. The van der Waals surface area contributed by atoms with Crippen LogP contribution in [0.15, 0.2) is 54.6 Å². The lowest BCUT2D eigenvalue weighted by Gasteiger charge is -2.36. The van der Waals surface area contributed by atoms with Gasteiger partial charge in [-0.05, 0) is 55.5 Å². The fourth-order valence-electron chi connectivity index (χ4n) is 4.88. The summed E-state index contributed by atoms with van der Waals surface area (Å²) in [5.41, 5.74) is 8.62. The van der Waals surface area contributed by atoms with Crippen molar-refractivity contribution in [2.45, 2.75) is 50.4 Å². The van der Waals surface area contributed by atoms with E-state index >= 15 is 0 Å². The predicted molar refractivity (Wildman–Crippen MR) is 132 cm³/mol. The number of nitrogens with zero attached hydrogens (tertiary/aromatic N) is 3. The number of methoxy groups -OCH3 is 1. The molecule has 1 aliphatic carbocycles. The zero-order chi connectivity index (χ0) is 24.0. The molecule has 0 spiro atoms. The second-order valence-corrected chi connectivity index (χ2v) is 8.80. The molecule has 1 aliphatic rings. The number of aromatic nitrogens is 2. The minimum absolute atomic E-state index is 0.0761. The second kappa shape index (κ2) is 10.4. The van der Waals surface area contributed by atoms with Crippen LogP contribution in [0.4, 0.5) is 5.82 Å². The van der Waals surface area contributed by atoms with Gasteiger partial charge in [-0.1, -0.05) is 49.6 Å². The first kappa shape index (κ1) is 23.4. The van der Waals surface area contributed by atoms with Gasteiger partial charge in [-0.2, -0.15) is 10.4 Å². The molecular weight excluding hydrogens is 426 g/mol. The molecule has 3 aromatic rings. The van der Waals surface area contributed by atoms with Crippen molar-refractivity contribution in [3.05, 3.63) is 71.4 Å². The molecule has 4 rings (SSSR count). The molecule has 0 aliphatic heterocycles. The number of carbonyl (C=O) groups excluding carboxylic acids is 1. The van der Waals surface area contributed by atoms with E-state index in [-0.39, 0.29) is 5.91 Å². The highest BCUT2D eigenvalue weighted by atomic mass is 16.5. The highest BCUT2D eigenvalue weighted by Gasteiger charge is 2.40. The molecule has 0 atom stereocenters. The maximum absolute atomic E-state index is 13.4. The van der Waals surface area contributed by atoms with E-state index in [4.69, 9.17) is 10.5 Å². The van der Waals surface area contributed by atoms with Crippen LogP contribution in [0, 0.1) is 11.3 Å². The summed E-state index contributed by atoms with van der Waals surface area (Å²) in [5, 5.41) is 17.4. The lowest BCUT2D eigenvalue weighted by Crippen LogP contribution is -2.46. The monoisotopic (exact) mass is 457 g/mol. The first-order valence-electron chi connectivity index (χ1n) is 11.8. The van der Waals surface area contributed by atoms with E-state index in [1.807, 2.05) is 54.6 Å². The zero-order valence-corrected chi connectivity index (χ0v) is 19.6. The van der Waals surface area contributed by atoms with Crippen LogP contribution >= 0.6 is 0 Å². The van der Waals surface area contributed by atoms with Crippen molar-refractivity contribution in [2.75, 3.05) is 19.4 Å². The smallest absolute Gasteiger partial charge is 0.230 e. The Morgan fingerprint density at radius 1 is 1.15 bits per heavy atom. The predicted octanol–water partition coefficient (Wildman–Crippen LogP) is 4.29. The minimum atomic E-state index is -0.498. The number of hydrogen-bond donors (Lipinski definition) is 2. The third-order valence-electron chi connectivity index (χ3n) is 6.77. The highest BCUT2D eigenvalue weighted by Crippen LogP contribution is 2.40. The maximum Gasteiger partial charge on any atom is 0.230 e. The molecule has 1 amide bonds. The Kier molecular flexibility index (Phi) is 7.17. The average Bonchev–Trinajstić information content (AvgIpc) is 3.22. The Bertz CT molecular complexity index is 1160. The molecule has 1 saturated carbocycles. The van der Waals surface area contributed by atoms with Gasteiger partial charge in [0, 0.05) is 6.54 Å². The summed E-state index contributed by atoms with van der Waals surface area (Å²) < 4.78 is 6.89. The minimum Gasteiger partial charge on any atom is -0.497 e. The van der Waals surface area contributed by atoms with Gasteiger partial charge in [0.2, 0.25) is 5.91 Å². The van der Waals surface area contributed by atoms with E-state index in [0.717, 1.165) is 49.1 Å². The van der Waals surface area contributed by atoms with Crippen molar-refractivity contribution in [3.63, 3.8) is 0 Å². The molecule has 0 saturated heterocycles. The fraction of sp³-hybridized carbons (Fsp3) is 0.370. The molecule has 1 fully saturated rings. The second-order valence-electron chi connectivity index (χ2n) is 8.80. The average molecular weight is 458 g/mol. The van der Waals surface area contributed by atoms with E-state index in [1.54, 1.807) is 11.8 Å². The Labute approximate surface area is 200 Å². The van der Waals surface area contributed by atoms with Gasteiger partial charge in [-0.15, -0.1) is 0 Å². The number of amides is 1. The molecule has 0 bridgehead atoms. The molecule has 2 aromatic carbocycles. The van der Waals surface area contributed by atoms with Crippen LogP contribution < -0.4 is 15.8 Å². The number of nitrogens with one attached hydrogen (secondary N) is 1. The van der Waals surface area contributed by atoms with Crippen LogP contribution in [-0.2, 0) is 16.6 Å². The molecule has 0 radical (unpaired) electrons. The fourth-order valence-corrected chi connectivity index (χ4v) is 4.88. The number of ether oxygens (including phenoxy) is 1. The third kappa shape index (κ3) is 4.62. The molecule has 0 unspecified atom stereocenters.